The smallest absolute Gasteiger partial charge is 0.0611 e. The maximum Gasteiger partial charge on any atom is 0.0611 e. The highest BCUT2D eigenvalue weighted by Gasteiger charge is 2.30. The van der Waals surface area contributed by atoms with Gasteiger partial charge in [0, 0.05) is 11.5 Å². The van der Waals surface area contributed by atoms with E-state index in [1.165, 1.54) is 0 Å². The summed E-state index contributed by atoms with van der Waals surface area (Å²) >= 11 is 0. The van der Waals surface area contributed by atoms with Gasteiger partial charge in [-0.2, -0.15) is 0 Å². The van der Waals surface area contributed by atoms with Crippen LogP contribution in [0.2, 0.25) is 0 Å². The average molecular weight is 159 g/mol. The van der Waals surface area contributed by atoms with E-state index in [2.05, 4.69) is 31.4 Å². The summed E-state index contributed by atoms with van der Waals surface area (Å²) in [4.78, 5) is 0. The van der Waals surface area contributed by atoms with Gasteiger partial charge in [-0.3, -0.25) is 0 Å². The van der Waals surface area contributed by atoms with E-state index in [0.717, 1.165) is 0 Å². The minimum atomic E-state index is 0.0324. The lowest BCUT2D eigenvalue weighted by atomic mass is 9.82. The minimum Gasteiger partial charge on any atom is -0.317 e. The third kappa shape index (κ3) is 2.43. The van der Waals surface area contributed by atoms with Gasteiger partial charge < -0.3 is 16.4 Å². The van der Waals surface area contributed by atoms with Crippen LogP contribution in [0.5, 0.6) is 0 Å². The van der Waals surface area contributed by atoms with E-state index in [4.69, 9.17) is 5.73 Å². The summed E-state index contributed by atoms with van der Waals surface area (Å²) in [5, 5.41) is 6.26. The molecule has 0 amide bonds. The van der Waals surface area contributed by atoms with Crippen LogP contribution in [0.15, 0.2) is 0 Å². The molecule has 0 heterocycles. The highest BCUT2D eigenvalue weighted by Crippen LogP contribution is 2.21. The Morgan fingerprint density at radius 2 is 1.64 bits per heavy atom. The molecule has 0 radical (unpaired) electrons. The Hall–Kier alpha value is -0.120. The molecule has 0 saturated carbocycles. The van der Waals surface area contributed by atoms with Crippen molar-refractivity contribution in [3.05, 3.63) is 0 Å². The molecular weight excluding hydrogens is 138 g/mol. The van der Waals surface area contributed by atoms with Gasteiger partial charge in [0.2, 0.25) is 0 Å². The predicted octanol–water partition coefficient (Wildman–Crippen LogP) is 0.125. The molecule has 11 heavy (non-hydrogen) atoms. The first kappa shape index (κ1) is 10.9. The molecule has 0 fully saturated rings. The van der Waals surface area contributed by atoms with Crippen molar-refractivity contribution in [2.45, 2.75) is 33.0 Å². The summed E-state index contributed by atoms with van der Waals surface area (Å²) in [5.74, 6) is 0. The summed E-state index contributed by atoms with van der Waals surface area (Å²) in [7, 11) is 3.84. The van der Waals surface area contributed by atoms with E-state index in [9.17, 15) is 0 Å². The molecule has 0 aliphatic carbocycles. The Morgan fingerprint density at radius 1 is 1.18 bits per heavy atom. The summed E-state index contributed by atoms with van der Waals surface area (Å²) in [5.41, 5.74) is 5.95. The first-order chi connectivity index (χ1) is 4.96. The molecule has 0 aromatic carbocycles. The summed E-state index contributed by atoms with van der Waals surface area (Å²) in [6, 6.07) is 0.407. The van der Waals surface area contributed by atoms with Crippen LogP contribution >= 0.6 is 0 Å². The quantitative estimate of drug-likeness (QED) is 0.511. The Balaban J connectivity index is 4.18. The standard InChI is InChI=1S/C8H21N3/c1-6(10-4)8(2,3)7(9)11-5/h6-7,10-11H,9H2,1-5H3. The van der Waals surface area contributed by atoms with E-state index >= 15 is 0 Å². The SMILES string of the molecule is CNC(C)C(C)(C)C(N)NC. The predicted molar refractivity (Wildman–Crippen MR) is 49.3 cm³/mol. The second-order valence-electron chi connectivity index (χ2n) is 3.60. The molecule has 0 saturated heterocycles. The molecule has 0 aromatic heterocycles. The third-order valence-electron chi connectivity index (χ3n) is 2.66. The van der Waals surface area contributed by atoms with Crippen LogP contribution in [0, 0.1) is 5.41 Å². The zero-order valence-electron chi connectivity index (χ0n) is 8.23. The topological polar surface area (TPSA) is 50.1 Å². The monoisotopic (exact) mass is 159 g/mol. The highest BCUT2D eigenvalue weighted by molar-refractivity contribution is 4.86. The van der Waals surface area contributed by atoms with Crippen LogP contribution in [0.25, 0.3) is 0 Å². The maximum atomic E-state index is 5.88. The van der Waals surface area contributed by atoms with Crippen molar-refractivity contribution in [3.63, 3.8) is 0 Å². The van der Waals surface area contributed by atoms with Crippen molar-refractivity contribution < 1.29 is 0 Å². The molecule has 0 aliphatic heterocycles. The summed E-state index contributed by atoms with van der Waals surface area (Å²) < 4.78 is 0. The molecule has 0 aromatic rings. The van der Waals surface area contributed by atoms with Gasteiger partial charge in [-0.25, -0.2) is 0 Å². The first-order valence-electron chi connectivity index (χ1n) is 4.07. The van der Waals surface area contributed by atoms with Crippen LogP contribution in [-0.2, 0) is 0 Å². The highest BCUT2D eigenvalue weighted by atomic mass is 15.0. The summed E-state index contributed by atoms with van der Waals surface area (Å²) in [6.45, 7) is 6.43. The molecule has 2 atom stereocenters. The Bertz CT molecular complexity index is 99.9. The van der Waals surface area contributed by atoms with Crippen LogP contribution in [-0.4, -0.2) is 26.3 Å². The lowest BCUT2D eigenvalue weighted by molar-refractivity contribution is 0.193. The van der Waals surface area contributed by atoms with Crippen molar-refractivity contribution in [1.29, 1.82) is 0 Å². The van der Waals surface area contributed by atoms with E-state index < -0.39 is 0 Å². The molecular formula is C8H21N3. The molecule has 0 spiro atoms. The minimum absolute atomic E-state index is 0.0324. The zero-order chi connectivity index (χ0) is 9.07. The van der Waals surface area contributed by atoms with Crippen LogP contribution in [0.3, 0.4) is 0 Å². The van der Waals surface area contributed by atoms with Gasteiger partial charge in [0.1, 0.15) is 0 Å². The van der Waals surface area contributed by atoms with Gasteiger partial charge in [-0.1, -0.05) is 13.8 Å². The fraction of sp³-hybridized carbons (Fsp3) is 1.00. The average Bonchev–Trinajstić information content (AvgIpc) is 2.01. The second kappa shape index (κ2) is 4.04. The fourth-order valence-electron chi connectivity index (χ4n) is 1.01. The lowest BCUT2D eigenvalue weighted by Crippen LogP contribution is -2.55. The molecule has 68 valence electrons. The van der Waals surface area contributed by atoms with Crippen molar-refractivity contribution in [2.24, 2.45) is 11.1 Å². The zero-order valence-corrected chi connectivity index (χ0v) is 8.23. The third-order valence-corrected chi connectivity index (χ3v) is 2.66. The molecule has 0 aliphatic rings. The van der Waals surface area contributed by atoms with Crippen LogP contribution in [0.4, 0.5) is 0 Å². The van der Waals surface area contributed by atoms with Crippen molar-refractivity contribution in [3.8, 4) is 0 Å². The second-order valence-corrected chi connectivity index (χ2v) is 3.60. The lowest BCUT2D eigenvalue weighted by Gasteiger charge is -2.36. The van der Waals surface area contributed by atoms with E-state index in [1.807, 2.05) is 14.1 Å². The van der Waals surface area contributed by atoms with Crippen molar-refractivity contribution in [1.82, 2.24) is 10.6 Å². The van der Waals surface area contributed by atoms with Gasteiger partial charge in [0.15, 0.2) is 0 Å². The number of nitrogens with two attached hydrogens (primary N) is 1. The number of rotatable bonds is 4. The molecule has 0 rings (SSSR count). The van der Waals surface area contributed by atoms with E-state index in [1.54, 1.807) is 0 Å². The normalized spacial score (nSPS) is 18.0. The van der Waals surface area contributed by atoms with Crippen LogP contribution < -0.4 is 16.4 Å². The number of hydrogen-bond donors (Lipinski definition) is 3. The molecule has 2 unspecified atom stereocenters. The number of hydrogen-bond acceptors (Lipinski definition) is 3. The molecule has 4 N–H and O–H groups in total. The van der Waals surface area contributed by atoms with Gasteiger partial charge in [0.05, 0.1) is 6.17 Å². The fourth-order valence-corrected chi connectivity index (χ4v) is 1.01. The number of nitrogens with one attached hydrogen (secondary N) is 2. The van der Waals surface area contributed by atoms with Gasteiger partial charge in [-0.15, -0.1) is 0 Å². The van der Waals surface area contributed by atoms with E-state index in [0.29, 0.717) is 6.04 Å². The summed E-state index contributed by atoms with van der Waals surface area (Å²) in [6.07, 6.45) is 0.0324. The van der Waals surface area contributed by atoms with Crippen LogP contribution in [0.1, 0.15) is 20.8 Å². The molecule has 3 heteroatoms. The Morgan fingerprint density at radius 3 is 1.91 bits per heavy atom. The molecule has 0 bridgehead atoms. The van der Waals surface area contributed by atoms with Gasteiger partial charge >= 0.3 is 0 Å². The Labute approximate surface area is 69.7 Å². The Kier molecular flexibility index (Phi) is 4.00. The van der Waals surface area contributed by atoms with Crippen molar-refractivity contribution in [2.75, 3.05) is 14.1 Å². The molecule has 3 nitrogen and oxygen atoms in total. The van der Waals surface area contributed by atoms with Gasteiger partial charge in [-0.05, 0) is 21.0 Å². The maximum absolute atomic E-state index is 5.88. The first-order valence-corrected chi connectivity index (χ1v) is 4.07. The largest absolute Gasteiger partial charge is 0.317 e. The van der Waals surface area contributed by atoms with E-state index in [-0.39, 0.29) is 11.6 Å². The van der Waals surface area contributed by atoms with Crippen molar-refractivity contribution >= 4 is 0 Å². The van der Waals surface area contributed by atoms with Gasteiger partial charge in [0.25, 0.3) is 0 Å².